The van der Waals surface area contributed by atoms with E-state index in [1.807, 2.05) is 0 Å². The van der Waals surface area contributed by atoms with Crippen molar-refractivity contribution in [3.8, 4) is 0 Å². The second-order valence-corrected chi connectivity index (χ2v) is 11.3. The van der Waals surface area contributed by atoms with Gasteiger partial charge in [0, 0.05) is 11.0 Å². The summed E-state index contributed by atoms with van der Waals surface area (Å²) in [7, 11) is -6.45. The van der Waals surface area contributed by atoms with Crippen molar-refractivity contribution in [2.24, 2.45) is 11.8 Å². The van der Waals surface area contributed by atoms with E-state index in [4.69, 9.17) is 9.29 Å². The molecule has 1 heterocycles. The number of aliphatic hydroxyl groups excluding tert-OH is 1. The Balaban J connectivity index is 1.90. The zero-order valence-electron chi connectivity index (χ0n) is 13.1. The van der Waals surface area contributed by atoms with Gasteiger partial charge in [0.1, 0.15) is 10.2 Å². The van der Waals surface area contributed by atoms with Gasteiger partial charge in [0.25, 0.3) is 0 Å². The van der Waals surface area contributed by atoms with Gasteiger partial charge in [-0.15, -0.1) is 23.5 Å². The average Bonchev–Trinajstić information content (AvgIpc) is 3.21. The zero-order chi connectivity index (χ0) is 19.5. The Hall–Kier alpha value is -0.240. The smallest absolute Gasteiger partial charge is 0.451 e. The van der Waals surface area contributed by atoms with E-state index in [1.54, 1.807) is 0 Å². The van der Waals surface area contributed by atoms with E-state index in [0.29, 0.717) is 18.6 Å². The molecule has 6 unspecified atom stereocenters. The topological polar surface area (TPSA) is 101 Å². The Kier molecular flexibility index (Phi) is 5.04. The SMILES string of the molecule is O=C(OC1C2CCC(C2)C12SCC(CO)S2)C(F)(C(F)(F)F)S(=O)(=O)O. The molecule has 2 bridgehead atoms. The first kappa shape index (κ1) is 20.5. The van der Waals surface area contributed by atoms with Gasteiger partial charge < -0.3 is 9.84 Å². The van der Waals surface area contributed by atoms with Crippen LogP contribution >= 0.6 is 23.5 Å². The first-order chi connectivity index (χ1) is 11.9. The number of aliphatic hydroxyl groups is 1. The number of alkyl halides is 4. The molecule has 3 fully saturated rings. The zero-order valence-corrected chi connectivity index (χ0v) is 15.6. The summed E-state index contributed by atoms with van der Waals surface area (Å²) in [6.07, 6.45) is -5.43. The maximum absolute atomic E-state index is 14.2. The molecule has 2 saturated carbocycles. The number of thioether (sulfide) groups is 2. The first-order valence-corrected chi connectivity index (χ1v) is 11.0. The maximum atomic E-state index is 14.2. The van der Waals surface area contributed by atoms with E-state index in [0.717, 1.165) is 6.42 Å². The Morgan fingerprint density at radius 2 is 1.92 bits per heavy atom. The maximum Gasteiger partial charge on any atom is 0.451 e. The molecule has 0 amide bonds. The summed E-state index contributed by atoms with van der Waals surface area (Å²) in [5.74, 6) is -2.50. The average molecular weight is 440 g/mol. The lowest BCUT2D eigenvalue weighted by Crippen LogP contribution is -2.57. The minimum atomic E-state index is -6.45. The van der Waals surface area contributed by atoms with Crippen molar-refractivity contribution in [3.05, 3.63) is 0 Å². The fourth-order valence-corrected chi connectivity index (χ4v) is 8.65. The summed E-state index contributed by atoms with van der Waals surface area (Å²) < 4.78 is 87.7. The molecule has 3 rings (SSSR count). The largest absolute Gasteiger partial charge is 0.456 e. The van der Waals surface area contributed by atoms with Gasteiger partial charge in [-0.25, -0.2) is 9.18 Å². The van der Waals surface area contributed by atoms with E-state index >= 15 is 0 Å². The van der Waals surface area contributed by atoms with Crippen LogP contribution in [0.4, 0.5) is 17.6 Å². The first-order valence-electron chi connectivity index (χ1n) is 7.73. The number of carbonyl (C=O) groups is 1. The van der Waals surface area contributed by atoms with Crippen LogP contribution in [0.2, 0.25) is 0 Å². The van der Waals surface area contributed by atoms with Crippen LogP contribution in [0.1, 0.15) is 19.3 Å². The molecule has 13 heteroatoms. The third kappa shape index (κ3) is 2.85. The van der Waals surface area contributed by atoms with Crippen LogP contribution in [0.3, 0.4) is 0 Å². The number of esters is 1. The highest BCUT2D eigenvalue weighted by Crippen LogP contribution is 2.67. The van der Waals surface area contributed by atoms with Crippen LogP contribution < -0.4 is 0 Å². The summed E-state index contributed by atoms with van der Waals surface area (Å²) in [6.45, 7) is -0.169. The van der Waals surface area contributed by atoms with Crippen molar-refractivity contribution in [3.63, 3.8) is 0 Å². The molecule has 3 aliphatic rings. The number of carbonyl (C=O) groups excluding carboxylic acids is 1. The minimum Gasteiger partial charge on any atom is -0.456 e. The highest BCUT2D eigenvalue weighted by molar-refractivity contribution is 8.21. The van der Waals surface area contributed by atoms with Gasteiger partial charge in [0.05, 0.1) is 6.61 Å². The van der Waals surface area contributed by atoms with Crippen LogP contribution in [0.25, 0.3) is 0 Å². The van der Waals surface area contributed by atoms with Gasteiger partial charge in [0.15, 0.2) is 0 Å². The lowest BCUT2D eigenvalue weighted by atomic mass is 9.96. The van der Waals surface area contributed by atoms with Gasteiger partial charge in [0.2, 0.25) is 0 Å². The van der Waals surface area contributed by atoms with Gasteiger partial charge >= 0.3 is 27.3 Å². The van der Waals surface area contributed by atoms with Crippen LogP contribution in [-0.4, -0.2) is 63.0 Å². The molecule has 6 nitrogen and oxygen atoms in total. The lowest BCUT2D eigenvalue weighted by Gasteiger charge is -2.39. The summed E-state index contributed by atoms with van der Waals surface area (Å²) in [4.78, 5) is 12.0. The van der Waals surface area contributed by atoms with Crippen molar-refractivity contribution < 1.29 is 45.2 Å². The lowest BCUT2D eigenvalue weighted by molar-refractivity contribution is -0.219. The number of fused-ring (bicyclic) bond motifs is 3. The van der Waals surface area contributed by atoms with E-state index in [1.165, 1.54) is 23.5 Å². The van der Waals surface area contributed by atoms with Crippen LogP contribution in [-0.2, 0) is 19.6 Å². The van der Waals surface area contributed by atoms with E-state index < -0.39 is 37.4 Å². The third-order valence-corrected chi connectivity index (χ3v) is 10.3. The quantitative estimate of drug-likeness (QED) is 0.389. The molecule has 1 spiro atoms. The second-order valence-electron chi connectivity index (χ2n) is 6.62. The molecule has 0 aromatic carbocycles. The molecule has 0 radical (unpaired) electrons. The van der Waals surface area contributed by atoms with Crippen LogP contribution in [0, 0.1) is 11.8 Å². The fourth-order valence-electron chi connectivity index (χ4n) is 3.96. The number of halogens is 4. The van der Waals surface area contributed by atoms with Crippen LogP contribution in [0.15, 0.2) is 0 Å². The van der Waals surface area contributed by atoms with Crippen molar-refractivity contribution >= 4 is 39.6 Å². The number of rotatable bonds is 4. The second kappa shape index (κ2) is 6.39. The molecular weight excluding hydrogens is 424 g/mol. The van der Waals surface area contributed by atoms with E-state index in [-0.39, 0.29) is 23.7 Å². The summed E-state index contributed by atoms with van der Waals surface area (Å²) >= 11 is 2.61. The van der Waals surface area contributed by atoms with Gasteiger partial charge in [-0.3, -0.25) is 4.55 Å². The normalized spacial score (nSPS) is 39.3. The Bertz CT molecular complexity index is 700. The molecule has 150 valence electrons. The fraction of sp³-hybridized carbons (Fsp3) is 0.923. The predicted molar refractivity (Wildman–Crippen MR) is 85.8 cm³/mol. The summed E-state index contributed by atoms with van der Waals surface area (Å²) in [5.41, 5.74) is 0. The predicted octanol–water partition coefficient (Wildman–Crippen LogP) is 1.98. The van der Waals surface area contributed by atoms with Crippen molar-refractivity contribution in [2.45, 2.75) is 45.9 Å². The monoisotopic (exact) mass is 440 g/mol. The summed E-state index contributed by atoms with van der Waals surface area (Å²) in [6, 6.07) is 0. The number of hydrogen-bond acceptors (Lipinski definition) is 7. The van der Waals surface area contributed by atoms with Crippen molar-refractivity contribution in [1.29, 1.82) is 0 Å². The van der Waals surface area contributed by atoms with Gasteiger partial charge in [-0.05, 0) is 31.1 Å². The standard InChI is InChI=1S/C13H16F4O6S3/c14-12(13(15,16)17,26(20,21)22)10(19)23-9-6-1-2-7(3-6)11(9)24-5-8(4-18)25-11/h6-9,18H,1-5H2,(H,20,21,22). The van der Waals surface area contributed by atoms with Crippen molar-refractivity contribution in [1.82, 2.24) is 0 Å². The molecule has 2 N–H and O–H groups in total. The summed E-state index contributed by atoms with van der Waals surface area (Å²) in [5, 5.41) is 3.58. The highest BCUT2D eigenvalue weighted by atomic mass is 32.2. The number of hydrogen-bond donors (Lipinski definition) is 2. The van der Waals surface area contributed by atoms with Crippen LogP contribution in [0.5, 0.6) is 0 Å². The minimum absolute atomic E-state index is 0.00230. The van der Waals surface area contributed by atoms with Crippen molar-refractivity contribution in [2.75, 3.05) is 12.4 Å². The third-order valence-electron chi connectivity index (χ3n) is 5.13. The molecule has 0 aromatic heterocycles. The van der Waals surface area contributed by atoms with Gasteiger partial charge in [-0.1, -0.05) is 0 Å². The molecule has 1 aliphatic heterocycles. The Morgan fingerprint density at radius 1 is 1.27 bits per heavy atom. The molecule has 2 aliphatic carbocycles. The Morgan fingerprint density at radius 3 is 2.42 bits per heavy atom. The number of ether oxygens (including phenoxy) is 1. The molecule has 0 aromatic rings. The highest BCUT2D eigenvalue weighted by Gasteiger charge is 2.74. The van der Waals surface area contributed by atoms with E-state index in [9.17, 15) is 35.9 Å². The molecule has 6 atom stereocenters. The van der Waals surface area contributed by atoms with E-state index in [2.05, 4.69) is 0 Å². The molecular formula is C13H16F4O6S3. The molecule has 1 saturated heterocycles. The van der Waals surface area contributed by atoms with Gasteiger partial charge in [-0.2, -0.15) is 21.6 Å². The molecule has 26 heavy (non-hydrogen) atoms. The Labute approximate surface area is 155 Å².